The molecule has 0 atom stereocenters. The first-order chi connectivity index (χ1) is 12.0. The van der Waals surface area contributed by atoms with Crippen LogP contribution in [0.2, 0.25) is 0 Å². The van der Waals surface area contributed by atoms with Gasteiger partial charge < -0.3 is 10.6 Å². The van der Waals surface area contributed by atoms with Crippen molar-refractivity contribution >= 4 is 18.3 Å². The minimum Gasteiger partial charge on any atom is -0.353 e. The van der Waals surface area contributed by atoms with Gasteiger partial charge in [-0.05, 0) is 50.0 Å². The normalized spacial score (nSPS) is 16.6. The molecular formula is C20H29ClN4O. The number of rotatable bonds is 5. The van der Waals surface area contributed by atoms with Gasteiger partial charge in [0.1, 0.15) is 5.54 Å². The predicted molar refractivity (Wildman–Crippen MR) is 107 cm³/mol. The van der Waals surface area contributed by atoms with Crippen LogP contribution in [0, 0.1) is 6.92 Å². The Labute approximate surface area is 162 Å². The lowest BCUT2D eigenvalue weighted by Crippen LogP contribution is -2.56. The van der Waals surface area contributed by atoms with Crippen LogP contribution in [0.1, 0.15) is 37.8 Å². The quantitative estimate of drug-likeness (QED) is 0.843. The molecule has 0 radical (unpaired) electrons. The second kappa shape index (κ2) is 8.23. The molecule has 1 aliphatic rings. The Bertz CT molecular complexity index is 721. The number of nitrogens with one attached hydrogen (secondary N) is 2. The van der Waals surface area contributed by atoms with E-state index < -0.39 is 5.54 Å². The number of nitrogens with zero attached hydrogens (tertiary/aromatic N) is 2. The van der Waals surface area contributed by atoms with E-state index in [-0.39, 0.29) is 23.7 Å². The summed E-state index contributed by atoms with van der Waals surface area (Å²) in [6, 6.07) is 10.3. The molecule has 142 valence electrons. The third kappa shape index (κ3) is 3.94. The van der Waals surface area contributed by atoms with Crippen molar-refractivity contribution in [3.8, 4) is 0 Å². The maximum atomic E-state index is 13.2. The highest BCUT2D eigenvalue weighted by atomic mass is 35.5. The van der Waals surface area contributed by atoms with Crippen molar-refractivity contribution in [2.45, 2.75) is 44.6 Å². The average Bonchev–Trinajstić information content (AvgIpc) is 3.16. The zero-order valence-corrected chi connectivity index (χ0v) is 16.6. The fraction of sp³-hybridized carbons (Fsp3) is 0.500. The second-order valence-corrected chi connectivity index (χ2v) is 7.61. The number of hydrogen-bond acceptors (Lipinski definition) is 3. The van der Waals surface area contributed by atoms with Gasteiger partial charge in [0.15, 0.2) is 0 Å². The van der Waals surface area contributed by atoms with Gasteiger partial charge in [0.25, 0.3) is 0 Å². The number of aryl methyl sites for hydroxylation is 1. The molecule has 0 unspecified atom stereocenters. The zero-order valence-electron chi connectivity index (χ0n) is 15.8. The molecule has 1 fully saturated rings. The number of carbonyl (C=O) groups is 1. The van der Waals surface area contributed by atoms with E-state index in [2.05, 4.69) is 60.8 Å². The number of aromatic nitrogens is 2. The van der Waals surface area contributed by atoms with Crippen LogP contribution in [0.4, 0.5) is 0 Å². The van der Waals surface area contributed by atoms with Crippen LogP contribution in [0.15, 0.2) is 42.7 Å². The Hall–Kier alpha value is -1.85. The largest absolute Gasteiger partial charge is 0.353 e. The van der Waals surface area contributed by atoms with Crippen molar-refractivity contribution in [3.05, 3.63) is 53.9 Å². The van der Waals surface area contributed by atoms with E-state index in [0.717, 1.165) is 25.9 Å². The van der Waals surface area contributed by atoms with Crippen molar-refractivity contribution in [2.24, 2.45) is 0 Å². The van der Waals surface area contributed by atoms with E-state index in [4.69, 9.17) is 0 Å². The molecule has 1 saturated heterocycles. The van der Waals surface area contributed by atoms with E-state index in [9.17, 15) is 4.79 Å². The smallest absolute Gasteiger partial charge is 0.248 e. The Morgan fingerprint density at radius 2 is 1.96 bits per heavy atom. The molecule has 5 nitrogen and oxygen atoms in total. The van der Waals surface area contributed by atoms with Gasteiger partial charge in [0, 0.05) is 24.4 Å². The van der Waals surface area contributed by atoms with Gasteiger partial charge in [-0.25, -0.2) is 0 Å². The minimum absolute atomic E-state index is 0. The third-order valence-electron chi connectivity index (χ3n) is 5.36. The first-order valence-corrected chi connectivity index (χ1v) is 9.01. The Morgan fingerprint density at radius 3 is 2.58 bits per heavy atom. The molecule has 0 spiro atoms. The Morgan fingerprint density at radius 1 is 1.27 bits per heavy atom. The van der Waals surface area contributed by atoms with Gasteiger partial charge in [0.05, 0.1) is 0 Å². The number of benzene rings is 1. The van der Waals surface area contributed by atoms with E-state index in [1.54, 1.807) is 6.20 Å². The molecule has 1 aromatic heterocycles. The molecular weight excluding hydrogens is 348 g/mol. The molecule has 2 heterocycles. The van der Waals surface area contributed by atoms with Gasteiger partial charge in [0.2, 0.25) is 5.91 Å². The summed E-state index contributed by atoms with van der Waals surface area (Å²) in [4.78, 5) is 13.2. The Kier molecular flexibility index (Phi) is 6.48. The van der Waals surface area contributed by atoms with Gasteiger partial charge in [-0.3, -0.25) is 9.48 Å². The average molecular weight is 377 g/mol. The van der Waals surface area contributed by atoms with Crippen molar-refractivity contribution in [2.75, 3.05) is 19.6 Å². The monoisotopic (exact) mass is 376 g/mol. The summed E-state index contributed by atoms with van der Waals surface area (Å²) in [7, 11) is 0. The maximum absolute atomic E-state index is 13.2. The van der Waals surface area contributed by atoms with Crippen LogP contribution in [-0.4, -0.2) is 35.3 Å². The molecule has 0 aliphatic carbocycles. The van der Waals surface area contributed by atoms with Gasteiger partial charge in [-0.15, -0.1) is 12.4 Å². The van der Waals surface area contributed by atoms with E-state index in [1.165, 1.54) is 11.1 Å². The molecule has 2 N–H and O–H groups in total. The SMILES string of the molecule is Cc1ccccc1C(C)(C)CNC(=O)C1(n2cccn2)CCNCC1.Cl. The van der Waals surface area contributed by atoms with Crippen molar-refractivity contribution in [1.29, 1.82) is 0 Å². The van der Waals surface area contributed by atoms with E-state index >= 15 is 0 Å². The summed E-state index contributed by atoms with van der Waals surface area (Å²) in [6.45, 7) is 8.74. The lowest BCUT2D eigenvalue weighted by Gasteiger charge is -2.37. The van der Waals surface area contributed by atoms with Gasteiger partial charge in [-0.2, -0.15) is 5.10 Å². The first kappa shape index (κ1) is 20.5. The van der Waals surface area contributed by atoms with Crippen LogP contribution < -0.4 is 10.6 Å². The minimum atomic E-state index is -0.587. The number of piperidine rings is 1. The van der Waals surface area contributed by atoms with Crippen LogP contribution in [0.3, 0.4) is 0 Å². The van der Waals surface area contributed by atoms with Crippen LogP contribution in [-0.2, 0) is 15.7 Å². The molecule has 0 saturated carbocycles. The van der Waals surface area contributed by atoms with Gasteiger partial charge in [-0.1, -0.05) is 38.1 Å². The fourth-order valence-electron chi connectivity index (χ4n) is 3.82. The standard InChI is InChI=1S/C20H28N4O.ClH/c1-16-7-4-5-8-17(16)19(2,3)15-22-18(25)20(9-12-21-13-10-20)24-14-6-11-23-24;/h4-8,11,14,21H,9-10,12-13,15H2,1-3H3,(H,22,25);1H. The summed E-state index contributed by atoms with van der Waals surface area (Å²) >= 11 is 0. The third-order valence-corrected chi connectivity index (χ3v) is 5.36. The lowest BCUT2D eigenvalue weighted by molar-refractivity contribution is -0.132. The summed E-state index contributed by atoms with van der Waals surface area (Å²) in [5, 5.41) is 10.9. The van der Waals surface area contributed by atoms with E-state index in [1.807, 2.05) is 16.9 Å². The molecule has 1 aliphatic heterocycles. The summed E-state index contributed by atoms with van der Waals surface area (Å²) < 4.78 is 1.84. The van der Waals surface area contributed by atoms with Crippen molar-refractivity contribution in [1.82, 2.24) is 20.4 Å². The topological polar surface area (TPSA) is 59.0 Å². The molecule has 0 bridgehead atoms. The summed E-state index contributed by atoms with van der Waals surface area (Å²) in [6.07, 6.45) is 5.16. The molecule has 2 aromatic rings. The first-order valence-electron chi connectivity index (χ1n) is 9.01. The summed E-state index contributed by atoms with van der Waals surface area (Å²) in [5.41, 5.74) is 1.81. The lowest BCUT2D eigenvalue weighted by atomic mass is 9.81. The van der Waals surface area contributed by atoms with Gasteiger partial charge >= 0.3 is 0 Å². The molecule has 3 rings (SSSR count). The Balaban J connectivity index is 0.00000243. The highest BCUT2D eigenvalue weighted by molar-refractivity contribution is 5.85. The molecule has 1 amide bonds. The highest BCUT2D eigenvalue weighted by Crippen LogP contribution is 2.29. The van der Waals surface area contributed by atoms with Crippen LogP contribution in [0.5, 0.6) is 0 Å². The zero-order chi connectivity index (χ0) is 17.9. The van der Waals surface area contributed by atoms with Crippen molar-refractivity contribution in [3.63, 3.8) is 0 Å². The molecule has 1 aromatic carbocycles. The maximum Gasteiger partial charge on any atom is 0.248 e. The number of amides is 1. The fourth-order valence-corrected chi connectivity index (χ4v) is 3.82. The number of carbonyl (C=O) groups excluding carboxylic acids is 1. The molecule has 6 heteroatoms. The second-order valence-electron chi connectivity index (χ2n) is 7.61. The summed E-state index contributed by atoms with van der Waals surface area (Å²) in [5.74, 6) is 0.0689. The number of halogens is 1. The van der Waals surface area contributed by atoms with Crippen molar-refractivity contribution < 1.29 is 4.79 Å². The highest BCUT2D eigenvalue weighted by Gasteiger charge is 2.42. The molecule has 26 heavy (non-hydrogen) atoms. The van der Waals surface area contributed by atoms with Crippen LogP contribution in [0.25, 0.3) is 0 Å². The van der Waals surface area contributed by atoms with Crippen LogP contribution >= 0.6 is 12.4 Å². The van der Waals surface area contributed by atoms with E-state index in [0.29, 0.717) is 6.54 Å². The predicted octanol–water partition coefficient (Wildman–Crippen LogP) is 2.79. The number of hydrogen-bond donors (Lipinski definition) is 2.